The lowest BCUT2D eigenvalue weighted by Gasteiger charge is -2.34. The van der Waals surface area contributed by atoms with Crippen molar-refractivity contribution in [3.8, 4) is 0 Å². The first-order chi connectivity index (χ1) is 7.22. The Morgan fingerprint density at radius 2 is 2.20 bits per heavy atom. The van der Waals surface area contributed by atoms with Gasteiger partial charge in [-0.3, -0.25) is 11.3 Å². The van der Waals surface area contributed by atoms with Crippen LogP contribution in [-0.4, -0.2) is 0 Å². The van der Waals surface area contributed by atoms with Crippen molar-refractivity contribution in [2.24, 2.45) is 11.8 Å². The fourth-order valence-corrected chi connectivity index (χ4v) is 2.88. The largest absolute Gasteiger partial charge is 0.271 e. The second-order valence-corrected chi connectivity index (χ2v) is 5.21. The van der Waals surface area contributed by atoms with Gasteiger partial charge in [0.1, 0.15) is 0 Å². The highest BCUT2D eigenvalue weighted by molar-refractivity contribution is 9.10. The van der Waals surface area contributed by atoms with Crippen molar-refractivity contribution < 1.29 is 0 Å². The zero-order valence-corrected chi connectivity index (χ0v) is 10.5. The first kappa shape index (κ1) is 11.1. The molecule has 0 bridgehead atoms. The Hall–Kier alpha value is -0.380. The summed E-state index contributed by atoms with van der Waals surface area (Å²) in [4.78, 5) is 0. The van der Waals surface area contributed by atoms with Crippen LogP contribution in [0.2, 0.25) is 0 Å². The molecule has 1 atom stereocenters. The molecule has 1 saturated carbocycles. The van der Waals surface area contributed by atoms with Gasteiger partial charge in [0.15, 0.2) is 0 Å². The summed E-state index contributed by atoms with van der Waals surface area (Å²) in [5.41, 5.74) is 5.51. The molecule has 3 heteroatoms. The van der Waals surface area contributed by atoms with Crippen LogP contribution in [0.1, 0.15) is 36.4 Å². The summed E-state index contributed by atoms with van der Waals surface area (Å²) >= 11 is 3.61. The second-order valence-electron chi connectivity index (χ2n) is 4.36. The number of aryl methyl sites for hydroxylation is 1. The second kappa shape index (κ2) is 4.64. The van der Waals surface area contributed by atoms with Gasteiger partial charge in [0.25, 0.3) is 0 Å². The van der Waals surface area contributed by atoms with Gasteiger partial charge in [0.05, 0.1) is 0 Å². The fourth-order valence-electron chi connectivity index (χ4n) is 2.14. The Balaban J connectivity index is 2.25. The van der Waals surface area contributed by atoms with E-state index in [0.717, 1.165) is 4.47 Å². The van der Waals surface area contributed by atoms with E-state index in [0.29, 0.717) is 12.0 Å². The highest BCUT2D eigenvalue weighted by Gasteiger charge is 2.28. The summed E-state index contributed by atoms with van der Waals surface area (Å²) in [5.74, 6) is 6.35. The topological polar surface area (TPSA) is 38.0 Å². The first-order valence-corrected chi connectivity index (χ1v) is 6.24. The molecular formula is C12H17BrN2. The van der Waals surface area contributed by atoms with Crippen LogP contribution in [0.3, 0.4) is 0 Å². The molecule has 2 nitrogen and oxygen atoms in total. The Morgan fingerprint density at radius 3 is 2.67 bits per heavy atom. The molecular weight excluding hydrogens is 252 g/mol. The highest BCUT2D eigenvalue weighted by atomic mass is 79.9. The normalized spacial score (nSPS) is 18.6. The maximum Gasteiger partial charge on any atom is 0.0499 e. The minimum atomic E-state index is 0.300. The molecule has 1 unspecified atom stereocenters. The number of nitrogens with two attached hydrogens (primary N) is 1. The van der Waals surface area contributed by atoms with E-state index in [1.807, 2.05) is 0 Å². The molecule has 0 aliphatic heterocycles. The summed E-state index contributed by atoms with van der Waals surface area (Å²) < 4.78 is 1.16. The third-order valence-corrected chi connectivity index (χ3v) is 3.98. The quantitative estimate of drug-likeness (QED) is 0.653. The predicted molar refractivity (Wildman–Crippen MR) is 66.3 cm³/mol. The molecule has 82 valence electrons. The van der Waals surface area contributed by atoms with Gasteiger partial charge in [-0.15, -0.1) is 0 Å². The van der Waals surface area contributed by atoms with Crippen molar-refractivity contribution in [1.82, 2.24) is 5.43 Å². The van der Waals surface area contributed by atoms with Crippen molar-refractivity contribution in [1.29, 1.82) is 0 Å². The molecule has 3 N–H and O–H groups in total. The van der Waals surface area contributed by atoms with Gasteiger partial charge in [-0.25, -0.2) is 0 Å². The lowest BCUT2D eigenvalue weighted by molar-refractivity contribution is 0.231. The van der Waals surface area contributed by atoms with Crippen LogP contribution < -0.4 is 11.3 Å². The Kier molecular flexibility index (Phi) is 3.44. The predicted octanol–water partition coefficient (Wildman–Crippen LogP) is 3.06. The molecule has 1 aliphatic rings. The van der Waals surface area contributed by atoms with E-state index in [-0.39, 0.29) is 0 Å². The van der Waals surface area contributed by atoms with E-state index < -0.39 is 0 Å². The van der Waals surface area contributed by atoms with Crippen LogP contribution in [0, 0.1) is 12.8 Å². The molecule has 2 rings (SSSR count). The molecule has 1 aromatic rings. The monoisotopic (exact) mass is 268 g/mol. The number of rotatable bonds is 3. The zero-order chi connectivity index (χ0) is 10.8. The average Bonchev–Trinajstić information content (AvgIpc) is 2.12. The maximum absolute atomic E-state index is 5.65. The molecule has 0 aromatic heterocycles. The van der Waals surface area contributed by atoms with E-state index in [1.54, 1.807) is 0 Å². The van der Waals surface area contributed by atoms with Gasteiger partial charge >= 0.3 is 0 Å². The maximum atomic E-state index is 5.65. The SMILES string of the molecule is Cc1ccc(C(NN)C2CCC2)c(Br)c1. The van der Waals surface area contributed by atoms with Gasteiger partial charge in [0, 0.05) is 10.5 Å². The molecule has 0 amide bonds. The van der Waals surface area contributed by atoms with Gasteiger partial charge in [-0.05, 0) is 42.9 Å². The third-order valence-electron chi connectivity index (χ3n) is 3.29. The molecule has 1 aromatic carbocycles. The minimum absolute atomic E-state index is 0.300. The standard InChI is InChI=1S/C12H17BrN2/c1-8-5-6-10(11(13)7-8)12(15-14)9-3-2-4-9/h5-7,9,12,15H,2-4,14H2,1H3. The number of nitrogens with one attached hydrogen (secondary N) is 1. The molecule has 1 fully saturated rings. The summed E-state index contributed by atoms with van der Waals surface area (Å²) in [7, 11) is 0. The summed E-state index contributed by atoms with van der Waals surface area (Å²) in [6.07, 6.45) is 3.91. The summed E-state index contributed by atoms with van der Waals surface area (Å²) in [6, 6.07) is 6.76. The van der Waals surface area contributed by atoms with E-state index in [1.165, 1.54) is 30.4 Å². The molecule has 0 spiro atoms. The van der Waals surface area contributed by atoms with Crippen LogP contribution in [0.5, 0.6) is 0 Å². The van der Waals surface area contributed by atoms with Crippen molar-refractivity contribution >= 4 is 15.9 Å². The minimum Gasteiger partial charge on any atom is -0.271 e. The van der Waals surface area contributed by atoms with Crippen molar-refractivity contribution in [3.05, 3.63) is 33.8 Å². The smallest absolute Gasteiger partial charge is 0.0499 e. The number of halogens is 1. The van der Waals surface area contributed by atoms with Gasteiger partial charge in [-0.1, -0.05) is 34.5 Å². The zero-order valence-electron chi connectivity index (χ0n) is 8.96. The number of hydrazine groups is 1. The van der Waals surface area contributed by atoms with Gasteiger partial charge in [-0.2, -0.15) is 0 Å². The molecule has 0 heterocycles. The Labute approximate surface area is 99.3 Å². The van der Waals surface area contributed by atoms with Crippen LogP contribution in [0.4, 0.5) is 0 Å². The van der Waals surface area contributed by atoms with E-state index >= 15 is 0 Å². The Morgan fingerprint density at radius 1 is 1.47 bits per heavy atom. The van der Waals surface area contributed by atoms with Gasteiger partial charge in [0.2, 0.25) is 0 Å². The van der Waals surface area contributed by atoms with Crippen molar-refractivity contribution in [2.75, 3.05) is 0 Å². The fraction of sp³-hybridized carbons (Fsp3) is 0.500. The number of benzene rings is 1. The number of hydrogen-bond acceptors (Lipinski definition) is 2. The molecule has 0 saturated heterocycles. The van der Waals surface area contributed by atoms with E-state index in [2.05, 4.69) is 46.5 Å². The van der Waals surface area contributed by atoms with Crippen molar-refractivity contribution in [2.45, 2.75) is 32.2 Å². The van der Waals surface area contributed by atoms with Gasteiger partial charge < -0.3 is 0 Å². The van der Waals surface area contributed by atoms with E-state index in [9.17, 15) is 0 Å². The highest BCUT2D eigenvalue weighted by Crippen LogP contribution is 2.39. The lowest BCUT2D eigenvalue weighted by atomic mass is 9.77. The summed E-state index contributed by atoms with van der Waals surface area (Å²) in [6.45, 7) is 2.10. The van der Waals surface area contributed by atoms with Crippen LogP contribution in [0.15, 0.2) is 22.7 Å². The Bertz CT molecular complexity index is 347. The molecule has 15 heavy (non-hydrogen) atoms. The van der Waals surface area contributed by atoms with E-state index in [4.69, 9.17) is 5.84 Å². The third kappa shape index (κ3) is 2.25. The average molecular weight is 269 g/mol. The number of hydrogen-bond donors (Lipinski definition) is 2. The van der Waals surface area contributed by atoms with Crippen LogP contribution in [0.25, 0.3) is 0 Å². The molecule has 1 aliphatic carbocycles. The molecule has 0 radical (unpaired) electrons. The lowest BCUT2D eigenvalue weighted by Crippen LogP contribution is -2.36. The summed E-state index contributed by atoms with van der Waals surface area (Å²) in [5, 5.41) is 0. The van der Waals surface area contributed by atoms with Crippen LogP contribution in [-0.2, 0) is 0 Å². The van der Waals surface area contributed by atoms with Crippen LogP contribution >= 0.6 is 15.9 Å². The first-order valence-electron chi connectivity index (χ1n) is 5.44. The van der Waals surface area contributed by atoms with Crippen molar-refractivity contribution in [3.63, 3.8) is 0 Å².